The molecule has 0 aromatic carbocycles. The highest BCUT2D eigenvalue weighted by atomic mass is 14.6. The van der Waals surface area contributed by atoms with Gasteiger partial charge in [0.2, 0.25) is 0 Å². The summed E-state index contributed by atoms with van der Waals surface area (Å²) in [4.78, 5) is 3.77. The first kappa shape index (κ1) is 7.01. The van der Waals surface area contributed by atoms with Crippen LogP contribution in [0, 0.1) is 0 Å². The van der Waals surface area contributed by atoms with Crippen LogP contribution in [0.1, 0.15) is 0 Å². The van der Waals surface area contributed by atoms with Gasteiger partial charge in [0.05, 0.1) is 8.41 Å². The van der Waals surface area contributed by atoms with Gasteiger partial charge in [-0.15, -0.1) is 0 Å². The molecule has 2 nitrogen and oxygen atoms in total. The normalized spacial score (nSPS) is 7.50. The summed E-state index contributed by atoms with van der Waals surface area (Å²) in [6, 6.07) is 3.50. The average Bonchev–Trinajstić information content (AvgIpc) is 1.69. The Hall–Kier alpha value is -0.985. The summed E-state index contributed by atoms with van der Waals surface area (Å²) in [7, 11) is 0. The topological polar surface area (TPSA) is 38.9 Å². The van der Waals surface area contributed by atoms with Gasteiger partial charge in [0.15, 0.2) is 0 Å². The van der Waals surface area contributed by atoms with Crippen molar-refractivity contribution < 1.29 is 0 Å². The lowest BCUT2D eigenvalue weighted by molar-refractivity contribution is 1.33. The van der Waals surface area contributed by atoms with Crippen LogP contribution in [0.15, 0.2) is 24.5 Å². The Morgan fingerprint density at radius 3 is 2.00 bits per heavy atom. The molecule has 2 N–H and O–H groups in total. The lowest BCUT2D eigenvalue weighted by Crippen LogP contribution is -1.81. The summed E-state index contributed by atoms with van der Waals surface area (Å²) in [5, 5.41) is 0. The molecule has 0 saturated carbocycles. The van der Waals surface area contributed by atoms with Gasteiger partial charge in [-0.05, 0) is 12.1 Å². The van der Waals surface area contributed by atoms with Crippen LogP contribution in [0.2, 0.25) is 0 Å². The Labute approximate surface area is 50.3 Å². The molecule has 0 bridgehead atoms. The van der Waals surface area contributed by atoms with E-state index in [1.165, 1.54) is 0 Å². The highest BCUT2D eigenvalue weighted by Crippen LogP contribution is 1.92. The average molecular weight is 108 g/mol. The van der Waals surface area contributed by atoms with E-state index in [-0.39, 0.29) is 8.41 Å². The van der Waals surface area contributed by atoms with Gasteiger partial charge in [-0.2, -0.15) is 0 Å². The van der Waals surface area contributed by atoms with Gasteiger partial charge >= 0.3 is 0 Å². The fourth-order valence-electron chi connectivity index (χ4n) is 0.363. The van der Waals surface area contributed by atoms with Crippen molar-refractivity contribution in [2.75, 3.05) is 5.73 Å². The Morgan fingerprint density at radius 2 is 1.75 bits per heavy atom. The fraction of sp³-hybridized carbons (Fsp3) is 0. The summed E-state index contributed by atoms with van der Waals surface area (Å²) in [6.07, 6.45) is 3.32. The van der Waals surface area contributed by atoms with Crippen molar-refractivity contribution in [2.45, 2.75) is 0 Å². The summed E-state index contributed by atoms with van der Waals surface area (Å²) in [5.74, 6) is 0. The van der Waals surface area contributed by atoms with E-state index in [1.807, 2.05) is 0 Å². The summed E-state index contributed by atoms with van der Waals surface area (Å²) in [6.45, 7) is 0. The van der Waals surface area contributed by atoms with E-state index in [0.29, 0.717) is 0 Å². The zero-order valence-corrected chi connectivity index (χ0v) is 3.83. The molecule has 8 heavy (non-hydrogen) atoms. The number of hydrogen-bond donors (Lipinski definition) is 1. The third-order valence-electron chi connectivity index (χ3n) is 0.706. The maximum Gasteiger partial charge on any atom is 0.0814 e. The maximum absolute atomic E-state index is 5.32. The number of rotatable bonds is 0. The Kier molecular flexibility index (Phi) is 2.70. The van der Waals surface area contributed by atoms with Gasteiger partial charge < -0.3 is 5.73 Å². The zero-order valence-electron chi connectivity index (χ0n) is 3.83. The van der Waals surface area contributed by atoms with Gasteiger partial charge in [0.25, 0.3) is 0 Å². The van der Waals surface area contributed by atoms with Crippen LogP contribution < -0.4 is 5.73 Å². The van der Waals surface area contributed by atoms with E-state index in [0.717, 1.165) is 5.69 Å². The van der Waals surface area contributed by atoms with Crippen molar-refractivity contribution in [3.63, 3.8) is 0 Å². The molecule has 0 saturated heterocycles. The second-order valence-electron chi connectivity index (χ2n) is 1.28. The second-order valence-corrected chi connectivity index (χ2v) is 1.28. The molecule has 0 unspecified atom stereocenters. The smallest absolute Gasteiger partial charge is 0.0814 e. The lowest BCUT2D eigenvalue weighted by atomic mass is 10.4. The number of nitrogen functional groups attached to an aromatic ring is 1. The standard InChI is InChI=1S/C5H6N2.BH3/c6-5-1-3-7-4-2-5;/h1-4H,(H2,6,7);1H3. The van der Waals surface area contributed by atoms with Crippen molar-refractivity contribution in [3.05, 3.63) is 24.5 Å². The summed E-state index contributed by atoms with van der Waals surface area (Å²) < 4.78 is 0. The van der Waals surface area contributed by atoms with Crippen LogP contribution in [0.25, 0.3) is 0 Å². The molecule has 0 atom stereocenters. The van der Waals surface area contributed by atoms with Crippen LogP contribution in [-0.2, 0) is 0 Å². The summed E-state index contributed by atoms with van der Waals surface area (Å²) in [5.41, 5.74) is 6.08. The Bertz CT molecular complexity index is 140. The number of pyridine rings is 1. The Balaban J connectivity index is 0.000000490. The highest BCUT2D eigenvalue weighted by molar-refractivity contribution is 5.75. The predicted octanol–water partition coefficient (Wildman–Crippen LogP) is -0.520. The summed E-state index contributed by atoms with van der Waals surface area (Å²) >= 11 is 0. The largest absolute Gasteiger partial charge is 0.399 e. The Morgan fingerprint density at radius 1 is 1.25 bits per heavy atom. The number of anilines is 1. The minimum atomic E-state index is 0. The van der Waals surface area contributed by atoms with Gasteiger partial charge in [-0.1, -0.05) is 0 Å². The van der Waals surface area contributed by atoms with E-state index in [9.17, 15) is 0 Å². The molecule has 0 fully saturated rings. The van der Waals surface area contributed by atoms with Crippen molar-refractivity contribution in [2.24, 2.45) is 0 Å². The lowest BCUT2D eigenvalue weighted by Gasteiger charge is -1.83. The van der Waals surface area contributed by atoms with E-state index in [4.69, 9.17) is 5.73 Å². The fourth-order valence-corrected chi connectivity index (χ4v) is 0.363. The van der Waals surface area contributed by atoms with Crippen LogP contribution in [0.3, 0.4) is 0 Å². The minimum absolute atomic E-state index is 0. The number of nitrogens with zero attached hydrogens (tertiary/aromatic N) is 1. The molecule has 1 heterocycles. The highest BCUT2D eigenvalue weighted by Gasteiger charge is 1.73. The van der Waals surface area contributed by atoms with E-state index in [1.54, 1.807) is 24.5 Å². The molecule has 0 radical (unpaired) electrons. The second kappa shape index (κ2) is 3.07. The van der Waals surface area contributed by atoms with Crippen LogP contribution in [0.5, 0.6) is 0 Å². The molecule has 0 aliphatic carbocycles. The molecule has 1 aromatic heterocycles. The van der Waals surface area contributed by atoms with Gasteiger partial charge in [0.1, 0.15) is 0 Å². The number of nitrogens with two attached hydrogens (primary N) is 1. The van der Waals surface area contributed by atoms with Gasteiger partial charge in [-0.3, -0.25) is 4.98 Å². The van der Waals surface area contributed by atoms with Crippen LogP contribution in [0.4, 0.5) is 5.69 Å². The van der Waals surface area contributed by atoms with Crippen molar-refractivity contribution in [3.8, 4) is 0 Å². The van der Waals surface area contributed by atoms with Gasteiger partial charge in [-0.25, -0.2) is 0 Å². The number of hydrogen-bond acceptors (Lipinski definition) is 2. The molecule has 0 aliphatic rings. The predicted molar refractivity (Wildman–Crippen MR) is 38.6 cm³/mol. The minimum Gasteiger partial charge on any atom is -0.399 e. The van der Waals surface area contributed by atoms with E-state index in [2.05, 4.69) is 4.98 Å². The van der Waals surface area contributed by atoms with E-state index >= 15 is 0 Å². The molecule has 42 valence electrons. The molecular weight excluding hydrogens is 98.9 g/mol. The monoisotopic (exact) mass is 108 g/mol. The SMILES string of the molecule is B.Nc1ccncc1. The van der Waals surface area contributed by atoms with Crippen LogP contribution in [-0.4, -0.2) is 13.4 Å². The molecule has 1 aromatic rings. The molecule has 3 heteroatoms. The van der Waals surface area contributed by atoms with Crippen molar-refractivity contribution in [1.29, 1.82) is 0 Å². The molecule has 1 rings (SSSR count). The maximum atomic E-state index is 5.32. The zero-order chi connectivity index (χ0) is 5.11. The molecule has 0 spiro atoms. The van der Waals surface area contributed by atoms with E-state index < -0.39 is 0 Å². The molecule has 0 amide bonds. The number of aromatic nitrogens is 1. The van der Waals surface area contributed by atoms with Crippen molar-refractivity contribution >= 4 is 14.1 Å². The van der Waals surface area contributed by atoms with Gasteiger partial charge in [0, 0.05) is 18.1 Å². The first-order chi connectivity index (χ1) is 3.39. The van der Waals surface area contributed by atoms with Crippen molar-refractivity contribution in [1.82, 2.24) is 4.98 Å². The third kappa shape index (κ3) is 1.64. The third-order valence-corrected chi connectivity index (χ3v) is 0.706. The quantitative estimate of drug-likeness (QED) is 0.454. The first-order valence-corrected chi connectivity index (χ1v) is 2.05. The molecular formula is C5H9BN2. The van der Waals surface area contributed by atoms with Crippen LogP contribution >= 0.6 is 0 Å². The first-order valence-electron chi connectivity index (χ1n) is 2.05. The molecule has 0 aliphatic heterocycles.